The number of hydrogen-bond acceptors (Lipinski definition) is 4. The van der Waals surface area contributed by atoms with Crippen LogP contribution in [-0.4, -0.2) is 29.1 Å². The molecule has 6 heteroatoms. The highest BCUT2D eigenvalue weighted by Crippen LogP contribution is 2.33. The zero-order valence-electron chi connectivity index (χ0n) is 8.76. The standard InChI is InChI=1S/C11H9FN2O2S/c12-7-2-1-3-8-9(7)13-11(17-8)14-4-6(5-14)10(15)16/h1-3,6H,4-5H2,(H,15,16). The second-order valence-electron chi connectivity index (χ2n) is 4.02. The highest BCUT2D eigenvalue weighted by Gasteiger charge is 2.34. The normalized spacial score (nSPS) is 16.2. The van der Waals surface area contributed by atoms with Crippen molar-refractivity contribution in [3.8, 4) is 0 Å². The van der Waals surface area contributed by atoms with Crippen LogP contribution in [-0.2, 0) is 4.79 Å². The molecule has 1 aliphatic heterocycles. The van der Waals surface area contributed by atoms with Crippen LogP contribution in [0.25, 0.3) is 10.2 Å². The molecule has 0 radical (unpaired) electrons. The molecular formula is C11H9FN2O2S. The van der Waals surface area contributed by atoms with E-state index in [1.54, 1.807) is 6.07 Å². The number of anilines is 1. The van der Waals surface area contributed by atoms with E-state index < -0.39 is 5.97 Å². The van der Waals surface area contributed by atoms with Gasteiger partial charge in [-0.1, -0.05) is 17.4 Å². The van der Waals surface area contributed by atoms with Crippen molar-refractivity contribution in [2.75, 3.05) is 18.0 Å². The summed E-state index contributed by atoms with van der Waals surface area (Å²) in [6, 6.07) is 4.84. The van der Waals surface area contributed by atoms with E-state index in [2.05, 4.69) is 4.98 Å². The zero-order valence-corrected chi connectivity index (χ0v) is 9.58. The van der Waals surface area contributed by atoms with Gasteiger partial charge < -0.3 is 10.0 Å². The van der Waals surface area contributed by atoms with E-state index in [-0.39, 0.29) is 11.7 Å². The van der Waals surface area contributed by atoms with Crippen LogP contribution in [0.2, 0.25) is 0 Å². The molecule has 3 rings (SSSR count). The Morgan fingerprint density at radius 2 is 2.29 bits per heavy atom. The van der Waals surface area contributed by atoms with Crippen molar-refractivity contribution in [3.05, 3.63) is 24.0 Å². The van der Waals surface area contributed by atoms with Crippen LogP contribution in [0.3, 0.4) is 0 Å². The van der Waals surface area contributed by atoms with Crippen LogP contribution in [0.1, 0.15) is 0 Å². The molecule has 0 spiro atoms. The molecule has 1 saturated heterocycles. The summed E-state index contributed by atoms with van der Waals surface area (Å²) < 4.78 is 14.2. The number of hydrogen-bond donors (Lipinski definition) is 1. The number of nitrogens with zero attached hydrogens (tertiary/aromatic N) is 2. The molecule has 88 valence electrons. The molecular weight excluding hydrogens is 243 g/mol. The van der Waals surface area contributed by atoms with Gasteiger partial charge >= 0.3 is 5.97 Å². The van der Waals surface area contributed by atoms with Gasteiger partial charge in [-0.2, -0.15) is 0 Å². The highest BCUT2D eigenvalue weighted by molar-refractivity contribution is 7.22. The Morgan fingerprint density at radius 1 is 1.53 bits per heavy atom. The Bertz CT molecular complexity index is 592. The maximum atomic E-state index is 13.4. The van der Waals surface area contributed by atoms with Crippen molar-refractivity contribution in [2.24, 2.45) is 5.92 Å². The average molecular weight is 252 g/mol. The molecule has 0 unspecified atom stereocenters. The lowest BCUT2D eigenvalue weighted by Gasteiger charge is -2.36. The first-order valence-corrected chi connectivity index (χ1v) is 5.99. The first kappa shape index (κ1) is 10.5. The number of benzene rings is 1. The number of aliphatic carboxylic acids is 1. The summed E-state index contributed by atoms with van der Waals surface area (Å²) in [7, 11) is 0. The lowest BCUT2D eigenvalue weighted by atomic mass is 10.0. The summed E-state index contributed by atoms with van der Waals surface area (Å²) in [6.45, 7) is 0.910. The number of aromatic nitrogens is 1. The fourth-order valence-corrected chi connectivity index (χ4v) is 2.83. The first-order valence-electron chi connectivity index (χ1n) is 5.18. The Morgan fingerprint density at radius 3 is 2.94 bits per heavy atom. The molecule has 0 saturated carbocycles. The van der Waals surface area contributed by atoms with E-state index in [4.69, 9.17) is 5.11 Å². The number of rotatable bonds is 2. The van der Waals surface area contributed by atoms with Crippen LogP contribution in [0.15, 0.2) is 18.2 Å². The number of halogens is 1. The predicted octanol–water partition coefficient (Wildman–Crippen LogP) is 1.96. The SMILES string of the molecule is O=C(O)C1CN(c2nc3c(F)cccc3s2)C1. The molecule has 0 bridgehead atoms. The van der Waals surface area contributed by atoms with Gasteiger partial charge in [-0.05, 0) is 12.1 Å². The number of para-hydroxylation sites is 1. The molecule has 1 aliphatic rings. The quantitative estimate of drug-likeness (QED) is 0.887. The van der Waals surface area contributed by atoms with E-state index in [0.717, 1.165) is 4.70 Å². The molecule has 1 aromatic heterocycles. The molecule has 0 amide bonds. The Balaban J connectivity index is 1.88. The molecule has 2 heterocycles. The summed E-state index contributed by atoms with van der Waals surface area (Å²) in [4.78, 5) is 16.7. The van der Waals surface area contributed by atoms with Crippen molar-refractivity contribution in [1.29, 1.82) is 0 Å². The average Bonchev–Trinajstić information content (AvgIpc) is 2.59. The zero-order chi connectivity index (χ0) is 12.0. The van der Waals surface area contributed by atoms with Gasteiger partial charge in [0, 0.05) is 13.1 Å². The number of carboxylic acids is 1. The van der Waals surface area contributed by atoms with Gasteiger partial charge in [-0.15, -0.1) is 0 Å². The van der Waals surface area contributed by atoms with Crippen LogP contribution in [0.4, 0.5) is 9.52 Å². The van der Waals surface area contributed by atoms with Gasteiger partial charge in [-0.25, -0.2) is 9.37 Å². The van der Waals surface area contributed by atoms with Crippen LogP contribution < -0.4 is 4.90 Å². The second kappa shape index (κ2) is 3.66. The summed E-state index contributed by atoms with van der Waals surface area (Å²) in [5, 5.41) is 9.48. The van der Waals surface area contributed by atoms with E-state index in [1.807, 2.05) is 11.0 Å². The van der Waals surface area contributed by atoms with Gasteiger partial charge in [0.1, 0.15) is 11.3 Å². The third-order valence-corrected chi connectivity index (χ3v) is 3.94. The molecule has 1 aromatic carbocycles. The van der Waals surface area contributed by atoms with Crippen molar-refractivity contribution >= 4 is 32.7 Å². The minimum Gasteiger partial charge on any atom is -0.481 e. The van der Waals surface area contributed by atoms with Crippen molar-refractivity contribution in [1.82, 2.24) is 4.98 Å². The minimum atomic E-state index is -0.784. The fraction of sp³-hybridized carbons (Fsp3) is 0.273. The van der Waals surface area contributed by atoms with Gasteiger partial charge in [0.05, 0.1) is 10.6 Å². The molecule has 1 N–H and O–H groups in total. The van der Waals surface area contributed by atoms with E-state index in [1.165, 1.54) is 17.4 Å². The van der Waals surface area contributed by atoms with Gasteiger partial charge in [0.15, 0.2) is 5.13 Å². The summed E-state index contributed by atoms with van der Waals surface area (Å²) in [5.41, 5.74) is 0.367. The van der Waals surface area contributed by atoms with E-state index >= 15 is 0 Å². The minimum absolute atomic E-state index is 0.327. The summed E-state index contributed by atoms with van der Waals surface area (Å²) in [5.74, 6) is -1.44. The maximum Gasteiger partial charge on any atom is 0.310 e. The van der Waals surface area contributed by atoms with Crippen molar-refractivity contribution in [3.63, 3.8) is 0 Å². The molecule has 1 fully saturated rings. The topological polar surface area (TPSA) is 53.4 Å². The fourth-order valence-electron chi connectivity index (χ4n) is 1.83. The van der Waals surface area contributed by atoms with Crippen molar-refractivity contribution in [2.45, 2.75) is 0 Å². The number of carbonyl (C=O) groups is 1. The summed E-state index contributed by atoms with van der Waals surface area (Å²) >= 11 is 1.39. The number of carboxylic acid groups (broad SMARTS) is 1. The van der Waals surface area contributed by atoms with Gasteiger partial charge in [0.25, 0.3) is 0 Å². The number of fused-ring (bicyclic) bond motifs is 1. The third-order valence-electron chi connectivity index (χ3n) is 2.86. The Hall–Kier alpha value is -1.69. The number of thiazole rings is 1. The largest absolute Gasteiger partial charge is 0.481 e. The van der Waals surface area contributed by atoms with Crippen molar-refractivity contribution < 1.29 is 14.3 Å². The highest BCUT2D eigenvalue weighted by atomic mass is 32.1. The lowest BCUT2D eigenvalue weighted by Crippen LogP contribution is -2.50. The van der Waals surface area contributed by atoms with E-state index in [0.29, 0.717) is 23.7 Å². The van der Waals surface area contributed by atoms with Gasteiger partial charge in [0.2, 0.25) is 0 Å². The first-order chi connectivity index (χ1) is 8.15. The Kier molecular flexibility index (Phi) is 2.25. The monoisotopic (exact) mass is 252 g/mol. The maximum absolute atomic E-state index is 13.4. The Labute approximate surface area is 100 Å². The van der Waals surface area contributed by atoms with Crippen LogP contribution in [0, 0.1) is 11.7 Å². The van der Waals surface area contributed by atoms with Crippen LogP contribution in [0.5, 0.6) is 0 Å². The molecule has 0 atom stereocenters. The molecule has 17 heavy (non-hydrogen) atoms. The van der Waals surface area contributed by atoms with Gasteiger partial charge in [-0.3, -0.25) is 4.79 Å². The molecule has 0 aliphatic carbocycles. The predicted molar refractivity (Wildman–Crippen MR) is 62.9 cm³/mol. The smallest absolute Gasteiger partial charge is 0.310 e. The van der Waals surface area contributed by atoms with Crippen LogP contribution >= 0.6 is 11.3 Å². The molecule has 4 nitrogen and oxygen atoms in total. The molecule has 2 aromatic rings. The third kappa shape index (κ3) is 1.64. The lowest BCUT2D eigenvalue weighted by molar-refractivity contribution is -0.142. The summed E-state index contributed by atoms with van der Waals surface area (Å²) in [6.07, 6.45) is 0. The van der Waals surface area contributed by atoms with E-state index in [9.17, 15) is 9.18 Å². The second-order valence-corrected chi connectivity index (χ2v) is 5.03.